The molecule has 4 rings (SSSR count). The lowest BCUT2D eigenvalue weighted by molar-refractivity contribution is -0.124. The number of aromatic nitrogens is 1. The summed E-state index contributed by atoms with van der Waals surface area (Å²) in [4.78, 5) is 25.1. The summed E-state index contributed by atoms with van der Waals surface area (Å²) in [5.74, 6) is -0.306. The van der Waals surface area contributed by atoms with Gasteiger partial charge in [0.1, 0.15) is 0 Å². The van der Waals surface area contributed by atoms with E-state index in [1.165, 1.54) is 0 Å². The van der Waals surface area contributed by atoms with Crippen LogP contribution in [0.1, 0.15) is 41.1 Å². The van der Waals surface area contributed by atoms with Gasteiger partial charge in [0.2, 0.25) is 0 Å². The summed E-state index contributed by atoms with van der Waals surface area (Å²) in [6.45, 7) is 0. The molecule has 19 heavy (non-hydrogen) atoms. The summed E-state index contributed by atoms with van der Waals surface area (Å²) in [5, 5.41) is 1.01. The summed E-state index contributed by atoms with van der Waals surface area (Å²) in [7, 11) is 1.96. The average Bonchev–Trinajstić information content (AvgIpc) is 2.75. The number of benzene rings is 1. The molecular formula is C16H15NO2. The molecule has 2 atom stereocenters. The minimum Gasteiger partial charge on any atom is -0.350 e. The van der Waals surface area contributed by atoms with Crippen LogP contribution in [-0.4, -0.2) is 16.1 Å². The Bertz CT molecular complexity index is 726. The number of ketones is 2. The number of Topliss-reactive ketones (excluding diaryl/α,β-unsaturated/α-hetero) is 2. The first-order chi connectivity index (χ1) is 9.18. The van der Waals surface area contributed by atoms with Crippen molar-refractivity contribution in [2.45, 2.75) is 25.2 Å². The van der Waals surface area contributed by atoms with Gasteiger partial charge in [0.25, 0.3) is 0 Å². The number of aryl methyl sites for hydroxylation is 1. The first kappa shape index (κ1) is 11.0. The summed E-state index contributed by atoms with van der Waals surface area (Å²) in [5.41, 5.74) is 2.87. The fourth-order valence-corrected chi connectivity index (χ4v) is 3.76. The van der Waals surface area contributed by atoms with Crippen molar-refractivity contribution in [3.8, 4) is 0 Å². The third-order valence-electron chi connectivity index (χ3n) is 4.68. The second-order valence-corrected chi connectivity index (χ2v) is 5.70. The lowest BCUT2D eigenvalue weighted by Crippen LogP contribution is -2.30. The van der Waals surface area contributed by atoms with Gasteiger partial charge in [-0.25, -0.2) is 0 Å². The van der Waals surface area contributed by atoms with Crippen LogP contribution in [0.2, 0.25) is 0 Å². The Morgan fingerprint density at radius 2 is 1.95 bits per heavy atom. The van der Waals surface area contributed by atoms with Crippen LogP contribution in [0, 0.1) is 5.92 Å². The largest absolute Gasteiger partial charge is 0.350 e. The van der Waals surface area contributed by atoms with E-state index in [9.17, 15) is 9.59 Å². The predicted molar refractivity (Wildman–Crippen MR) is 72.3 cm³/mol. The zero-order valence-corrected chi connectivity index (χ0v) is 10.8. The summed E-state index contributed by atoms with van der Waals surface area (Å²) < 4.78 is 2.00. The van der Waals surface area contributed by atoms with Gasteiger partial charge in [0, 0.05) is 35.6 Å². The number of hydrogen-bond donors (Lipinski definition) is 0. The molecule has 1 saturated carbocycles. The second kappa shape index (κ2) is 3.56. The second-order valence-electron chi connectivity index (χ2n) is 5.70. The van der Waals surface area contributed by atoms with Gasteiger partial charge in [-0.3, -0.25) is 9.59 Å². The van der Waals surface area contributed by atoms with Crippen LogP contribution in [0.3, 0.4) is 0 Å². The highest BCUT2D eigenvalue weighted by Gasteiger charge is 2.41. The lowest BCUT2D eigenvalue weighted by Gasteiger charge is -2.25. The molecule has 1 aromatic heterocycles. The van der Waals surface area contributed by atoms with Crippen molar-refractivity contribution in [1.82, 2.24) is 4.57 Å². The standard InChI is InChI=1S/C16H15NO2/c1-17-8-12-14-9(4-3-7-13(14)17)10-5-2-6-11(15(10)18)16(12)19/h3-4,7-8,10-11H,2,5-6H2,1H3/t10-,11-/m0/s1. The van der Waals surface area contributed by atoms with Crippen molar-refractivity contribution in [2.24, 2.45) is 13.0 Å². The fraction of sp³-hybridized carbons (Fsp3) is 0.375. The van der Waals surface area contributed by atoms with Gasteiger partial charge in [-0.2, -0.15) is 0 Å². The molecule has 1 heterocycles. The number of nitrogens with zero attached hydrogens (tertiary/aromatic N) is 1. The van der Waals surface area contributed by atoms with Gasteiger partial charge in [-0.05, 0) is 24.5 Å². The number of carbonyl (C=O) groups is 2. The molecule has 2 aliphatic rings. The van der Waals surface area contributed by atoms with Crippen LogP contribution in [-0.2, 0) is 11.8 Å². The molecule has 3 nitrogen and oxygen atoms in total. The minimum absolute atomic E-state index is 0.0326. The van der Waals surface area contributed by atoms with Crippen LogP contribution < -0.4 is 0 Å². The fourth-order valence-electron chi connectivity index (χ4n) is 3.76. The van der Waals surface area contributed by atoms with Crippen molar-refractivity contribution in [3.63, 3.8) is 0 Å². The monoisotopic (exact) mass is 253 g/mol. The number of rotatable bonds is 0. The number of fused-ring (bicyclic) bond motifs is 3. The molecule has 1 aromatic carbocycles. The highest BCUT2D eigenvalue weighted by molar-refractivity contribution is 6.21. The number of carbonyl (C=O) groups excluding carboxylic acids is 2. The van der Waals surface area contributed by atoms with E-state index in [2.05, 4.69) is 0 Å². The van der Waals surface area contributed by atoms with Gasteiger partial charge >= 0.3 is 0 Å². The van der Waals surface area contributed by atoms with Crippen LogP contribution >= 0.6 is 0 Å². The molecule has 2 bridgehead atoms. The smallest absolute Gasteiger partial charge is 0.175 e. The normalized spacial score (nSPS) is 25.7. The summed E-state index contributed by atoms with van der Waals surface area (Å²) >= 11 is 0. The topological polar surface area (TPSA) is 39.1 Å². The molecule has 0 saturated heterocycles. The van der Waals surface area contributed by atoms with E-state index in [0.29, 0.717) is 0 Å². The van der Waals surface area contributed by atoms with Gasteiger partial charge in [0.05, 0.1) is 5.92 Å². The van der Waals surface area contributed by atoms with Crippen LogP contribution in [0.25, 0.3) is 10.9 Å². The van der Waals surface area contributed by atoms with E-state index in [1.54, 1.807) is 0 Å². The third kappa shape index (κ3) is 1.28. The zero-order chi connectivity index (χ0) is 13.1. The SMILES string of the molecule is Cn1cc2c3c(cccc31)[C@@H]1CCC[C@H](C2=O)C1=O. The van der Waals surface area contributed by atoms with Crippen molar-refractivity contribution >= 4 is 22.5 Å². The van der Waals surface area contributed by atoms with Crippen molar-refractivity contribution in [3.05, 3.63) is 35.5 Å². The summed E-state index contributed by atoms with van der Waals surface area (Å²) in [6, 6.07) is 6.04. The molecular weight excluding hydrogens is 238 g/mol. The molecule has 2 aliphatic carbocycles. The molecule has 0 spiro atoms. The van der Waals surface area contributed by atoms with Crippen LogP contribution in [0.4, 0.5) is 0 Å². The van der Waals surface area contributed by atoms with Crippen molar-refractivity contribution in [2.75, 3.05) is 0 Å². The molecule has 2 aromatic rings. The van der Waals surface area contributed by atoms with E-state index in [-0.39, 0.29) is 17.5 Å². The molecule has 1 fully saturated rings. The van der Waals surface area contributed by atoms with E-state index in [0.717, 1.165) is 41.3 Å². The zero-order valence-electron chi connectivity index (χ0n) is 10.8. The average molecular weight is 253 g/mol. The van der Waals surface area contributed by atoms with Crippen LogP contribution in [0.15, 0.2) is 24.4 Å². The molecule has 0 radical (unpaired) electrons. The van der Waals surface area contributed by atoms with Gasteiger partial charge in [-0.1, -0.05) is 18.6 Å². The Hall–Kier alpha value is -1.90. The van der Waals surface area contributed by atoms with Gasteiger partial charge in [0.15, 0.2) is 11.6 Å². The van der Waals surface area contributed by atoms with Gasteiger partial charge in [-0.15, -0.1) is 0 Å². The molecule has 96 valence electrons. The number of hydrogen-bond acceptors (Lipinski definition) is 2. The Labute approximate surface area is 111 Å². The molecule has 0 amide bonds. The lowest BCUT2D eigenvalue weighted by atomic mass is 9.77. The summed E-state index contributed by atoms with van der Waals surface area (Å²) in [6.07, 6.45) is 4.47. The third-order valence-corrected chi connectivity index (χ3v) is 4.68. The molecule has 0 unspecified atom stereocenters. The molecule has 0 aliphatic heterocycles. The Morgan fingerprint density at radius 3 is 2.79 bits per heavy atom. The van der Waals surface area contributed by atoms with E-state index in [4.69, 9.17) is 0 Å². The maximum atomic E-state index is 12.6. The maximum absolute atomic E-state index is 12.6. The first-order valence-corrected chi connectivity index (χ1v) is 6.84. The first-order valence-electron chi connectivity index (χ1n) is 6.84. The van der Waals surface area contributed by atoms with E-state index in [1.807, 2.05) is 36.0 Å². The molecule has 3 heteroatoms. The maximum Gasteiger partial charge on any atom is 0.175 e. The van der Waals surface area contributed by atoms with Crippen molar-refractivity contribution < 1.29 is 9.59 Å². The van der Waals surface area contributed by atoms with Crippen LogP contribution in [0.5, 0.6) is 0 Å². The highest BCUT2D eigenvalue weighted by atomic mass is 16.2. The Balaban J connectivity index is 2.14. The van der Waals surface area contributed by atoms with Gasteiger partial charge < -0.3 is 4.57 Å². The Morgan fingerprint density at radius 1 is 1.16 bits per heavy atom. The van der Waals surface area contributed by atoms with Crippen molar-refractivity contribution in [1.29, 1.82) is 0 Å². The predicted octanol–water partition coefficient (Wildman–Crippen LogP) is 2.83. The minimum atomic E-state index is -0.406. The van der Waals surface area contributed by atoms with E-state index >= 15 is 0 Å². The molecule has 0 N–H and O–H groups in total. The quantitative estimate of drug-likeness (QED) is 0.677. The highest BCUT2D eigenvalue weighted by Crippen LogP contribution is 2.42. The van der Waals surface area contributed by atoms with E-state index < -0.39 is 5.92 Å². The Kier molecular flexibility index (Phi) is 2.06.